The van der Waals surface area contributed by atoms with Crippen LogP contribution in [-0.4, -0.2) is 35.0 Å². The van der Waals surface area contributed by atoms with Gasteiger partial charge in [0.2, 0.25) is 0 Å². The number of Topliss-reactive ketones (excluding diaryl/α,β-unsaturated/α-hetero) is 1. The Bertz CT molecular complexity index is 276. The second kappa shape index (κ2) is 2.47. The van der Waals surface area contributed by atoms with Crippen molar-refractivity contribution in [3.8, 4) is 0 Å². The van der Waals surface area contributed by atoms with Gasteiger partial charge in [0.15, 0.2) is 0 Å². The van der Waals surface area contributed by atoms with Crippen molar-refractivity contribution in [2.24, 2.45) is 11.3 Å². The van der Waals surface area contributed by atoms with Crippen molar-refractivity contribution in [1.82, 2.24) is 4.90 Å². The van der Waals surface area contributed by atoms with Gasteiger partial charge in [-0.2, -0.15) is 0 Å². The average molecular weight is 183 g/mol. The number of carboxylic acid groups (broad SMARTS) is 1. The van der Waals surface area contributed by atoms with Gasteiger partial charge in [-0.1, -0.05) is 6.92 Å². The highest BCUT2D eigenvalue weighted by Gasteiger charge is 2.50. The Balaban J connectivity index is 2.14. The summed E-state index contributed by atoms with van der Waals surface area (Å²) in [6.07, 6.45) is 0.268. The molecule has 2 aliphatic rings. The molecule has 0 bridgehead atoms. The number of amides is 1. The molecule has 0 radical (unpaired) electrons. The van der Waals surface area contributed by atoms with Crippen molar-refractivity contribution in [2.75, 3.05) is 13.1 Å². The normalized spacial score (nSPS) is 38.1. The van der Waals surface area contributed by atoms with E-state index < -0.39 is 6.09 Å². The molecule has 4 nitrogen and oxygen atoms in total. The van der Waals surface area contributed by atoms with Crippen LogP contribution in [0.5, 0.6) is 0 Å². The van der Waals surface area contributed by atoms with Crippen LogP contribution in [0.25, 0.3) is 0 Å². The van der Waals surface area contributed by atoms with Crippen LogP contribution in [0.2, 0.25) is 0 Å². The average Bonchev–Trinajstić information content (AvgIpc) is 2.38. The van der Waals surface area contributed by atoms with Gasteiger partial charge in [-0.25, -0.2) is 4.79 Å². The Morgan fingerprint density at radius 2 is 2.38 bits per heavy atom. The number of carbonyl (C=O) groups excluding carboxylic acids is 1. The van der Waals surface area contributed by atoms with E-state index in [2.05, 4.69) is 0 Å². The van der Waals surface area contributed by atoms with Crippen LogP contribution in [0.3, 0.4) is 0 Å². The second-order valence-electron chi connectivity index (χ2n) is 4.43. The third kappa shape index (κ3) is 1.20. The van der Waals surface area contributed by atoms with E-state index in [-0.39, 0.29) is 17.1 Å². The number of likely N-dealkylation sites (tertiary alicyclic amines) is 1. The predicted octanol–water partition coefficient (Wildman–Crippen LogP) is 0.965. The number of ketones is 1. The molecule has 2 rings (SSSR count). The molecule has 1 aliphatic heterocycles. The van der Waals surface area contributed by atoms with Gasteiger partial charge in [0, 0.05) is 25.9 Å². The van der Waals surface area contributed by atoms with Crippen LogP contribution in [-0.2, 0) is 4.79 Å². The zero-order valence-corrected chi connectivity index (χ0v) is 7.62. The fraction of sp³-hybridized carbons (Fsp3) is 0.778. The fourth-order valence-electron chi connectivity index (χ4n) is 2.57. The van der Waals surface area contributed by atoms with Gasteiger partial charge in [-0.3, -0.25) is 4.79 Å². The minimum atomic E-state index is -0.858. The van der Waals surface area contributed by atoms with E-state index in [9.17, 15) is 9.59 Å². The Morgan fingerprint density at radius 1 is 1.69 bits per heavy atom. The van der Waals surface area contributed by atoms with Gasteiger partial charge in [-0.15, -0.1) is 0 Å². The topological polar surface area (TPSA) is 57.6 Å². The van der Waals surface area contributed by atoms with Gasteiger partial charge in [0.1, 0.15) is 5.78 Å². The van der Waals surface area contributed by atoms with E-state index in [4.69, 9.17) is 5.11 Å². The molecule has 1 heterocycles. The standard InChI is InChI=1S/C9H13NO3/c1-9-3-7(11)2-6(9)4-10(5-9)8(12)13/h6H,2-5H2,1H3,(H,12,13). The summed E-state index contributed by atoms with van der Waals surface area (Å²) < 4.78 is 0. The molecular weight excluding hydrogens is 170 g/mol. The molecule has 2 unspecified atom stereocenters. The van der Waals surface area contributed by atoms with Crippen molar-refractivity contribution in [3.63, 3.8) is 0 Å². The lowest BCUT2D eigenvalue weighted by atomic mass is 9.83. The first kappa shape index (κ1) is 8.53. The third-order valence-corrected chi connectivity index (χ3v) is 3.32. The highest BCUT2D eigenvalue weighted by molar-refractivity contribution is 5.82. The third-order valence-electron chi connectivity index (χ3n) is 3.32. The predicted molar refractivity (Wildman–Crippen MR) is 45.4 cm³/mol. The smallest absolute Gasteiger partial charge is 0.407 e. The molecule has 0 aromatic heterocycles. The molecule has 2 atom stereocenters. The Hall–Kier alpha value is -1.06. The van der Waals surface area contributed by atoms with Gasteiger partial charge in [0.25, 0.3) is 0 Å². The van der Waals surface area contributed by atoms with Gasteiger partial charge >= 0.3 is 6.09 Å². The quantitative estimate of drug-likeness (QED) is 0.608. The van der Waals surface area contributed by atoms with E-state index in [1.54, 1.807) is 0 Å². The van der Waals surface area contributed by atoms with Crippen molar-refractivity contribution >= 4 is 11.9 Å². The molecule has 1 saturated heterocycles. The van der Waals surface area contributed by atoms with Crippen LogP contribution in [0.1, 0.15) is 19.8 Å². The van der Waals surface area contributed by atoms with E-state index in [1.165, 1.54) is 4.90 Å². The summed E-state index contributed by atoms with van der Waals surface area (Å²) in [7, 11) is 0. The highest BCUT2D eigenvalue weighted by atomic mass is 16.4. The summed E-state index contributed by atoms with van der Waals surface area (Å²) in [4.78, 5) is 23.3. The summed E-state index contributed by atoms with van der Waals surface area (Å²) in [5, 5.41) is 8.79. The molecule has 1 aliphatic carbocycles. The molecule has 13 heavy (non-hydrogen) atoms. The molecular formula is C9H13NO3. The molecule has 0 spiro atoms. The maximum Gasteiger partial charge on any atom is 0.407 e. The van der Waals surface area contributed by atoms with E-state index >= 15 is 0 Å². The lowest BCUT2D eigenvalue weighted by Crippen LogP contribution is -2.30. The summed E-state index contributed by atoms with van der Waals surface area (Å²) in [6, 6.07) is 0. The van der Waals surface area contributed by atoms with Gasteiger partial charge in [0.05, 0.1) is 0 Å². The summed E-state index contributed by atoms with van der Waals surface area (Å²) in [5.74, 6) is 0.550. The van der Waals surface area contributed by atoms with Crippen molar-refractivity contribution in [1.29, 1.82) is 0 Å². The molecule has 0 aromatic rings. The molecule has 0 aromatic carbocycles. The van der Waals surface area contributed by atoms with Gasteiger partial charge < -0.3 is 10.0 Å². The Kier molecular flexibility index (Phi) is 1.62. The minimum Gasteiger partial charge on any atom is -0.465 e. The van der Waals surface area contributed by atoms with Gasteiger partial charge in [-0.05, 0) is 11.3 Å². The van der Waals surface area contributed by atoms with Crippen LogP contribution >= 0.6 is 0 Å². The summed E-state index contributed by atoms with van der Waals surface area (Å²) >= 11 is 0. The Labute approximate surface area is 76.5 Å². The number of carbonyl (C=O) groups is 2. The molecule has 4 heteroatoms. The minimum absolute atomic E-state index is 0.0739. The van der Waals surface area contributed by atoms with Crippen LogP contribution in [0, 0.1) is 11.3 Å². The molecule has 2 fully saturated rings. The number of nitrogens with zero attached hydrogens (tertiary/aromatic N) is 1. The molecule has 1 N–H and O–H groups in total. The lowest BCUT2D eigenvalue weighted by molar-refractivity contribution is -0.118. The van der Waals surface area contributed by atoms with E-state index in [0.717, 1.165) is 0 Å². The SMILES string of the molecule is CC12CC(=O)CC1CN(C(=O)O)C2. The van der Waals surface area contributed by atoms with E-state index in [1.807, 2.05) is 6.92 Å². The van der Waals surface area contributed by atoms with Crippen molar-refractivity contribution < 1.29 is 14.7 Å². The van der Waals surface area contributed by atoms with Crippen LogP contribution in [0.15, 0.2) is 0 Å². The number of fused-ring (bicyclic) bond motifs is 1. The maximum absolute atomic E-state index is 11.2. The van der Waals surface area contributed by atoms with Crippen LogP contribution < -0.4 is 0 Å². The first-order valence-corrected chi connectivity index (χ1v) is 4.51. The van der Waals surface area contributed by atoms with Crippen molar-refractivity contribution in [2.45, 2.75) is 19.8 Å². The first-order valence-electron chi connectivity index (χ1n) is 4.51. The summed E-state index contributed by atoms with van der Waals surface area (Å²) in [5.41, 5.74) is -0.0739. The monoisotopic (exact) mass is 183 g/mol. The van der Waals surface area contributed by atoms with Crippen LogP contribution in [0.4, 0.5) is 4.79 Å². The summed E-state index contributed by atoms with van der Waals surface area (Å²) in [6.45, 7) is 3.09. The zero-order valence-electron chi connectivity index (χ0n) is 7.62. The fourth-order valence-corrected chi connectivity index (χ4v) is 2.57. The molecule has 72 valence electrons. The first-order chi connectivity index (χ1) is 6.01. The largest absolute Gasteiger partial charge is 0.465 e. The van der Waals surface area contributed by atoms with Crippen molar-refractivity contribution in [3.05, 3.63) is 0 Å². The lowest BCUT2D eigenvalue weighted by Gasteiger charge is -2.20. The molecule has 1 amide bonds. The Morgan fingerprint density at radius 3 is 2.92 bits per heavy atom. The number of hydrogen-bond acceptors (Lipinski definition) is 2. The maximum atomic E-state index is 11.2. The second-order valence-corrected chi connectivity index (χ2v) is 4.43. The zero-order chi connectivity index (χ0) is 9.64. The molecule has 1 saturated carbocycles. The highest BCUT2D eigenvalue weighted by Crippen LogP contribution is 2.46. The number of hydrogen-bond donors (Lipinski definition) is 1. The number of rotatable bonds is 0. The van der Waals surface area contributed by atoms with E-state index in [0.29, 0.717) is 25.9 Å².